The Bertz CT molecular complexity index is 854. The van der Waals surface area contributed by atoms with E-state index >= 15 is 0 Å². The average Bonchev–Trinajstić information content (AvgIpc) is 2.99. The minimum atomic E-state index is -0.971. The first kappa shape index (κ1) is 13.6. The van der Waals surface area contributed by atoms with Gasteiger partial charge in [0.25, 0.3) is 0 Å². The molecule has 3 aromatic rings. The van der Waals surface area contributed by atoms with Crippen LogP contribution in [0.25, 0.3) is 11.3 Å². The summed E-state index contributed by atoms with van der Waals surface area (Å²) in [6.07, 6.45) is 1.37. The Labute approximate surface area is 123 Å². The molecule has 0 atom stereocenters. The number of aromatic nitrogens is 3. The van der Waals surface area contributed by atoms with Crippen LogP contribution >= 0.6 is 0 Å². The number of rotatable bonds is 3. The van der Waals surface area contributed by atoms with E-state index in [9.17, 15) is 8.78 Å². The number of anilines is 2. The van der Waals surface area contributed by atoms with Crippen LogP contribution in [0.5, 0.6) is 0 Å². The van der Waals surface area contributed by atoms with E-state index in [-0.39, 0.29) is 17.5 Å². The van der Waals surface area contributed by atoms with Crippen molar-refractivity contribution >= 4 is 11.8 Å². The van der Waals surface area contributed by atoms with Crippen molar-refractivity contribution in [3.63, 3.8) is 0 Å². The number of hydrogen-bond donors (Lipinski definition) is 1. The minimum absolute atomic E-state index is 0.110. The summed E-state index contributed by atoms with van der Waals surface area (Å²) < 4.78 is 31.5. The Morgan fingerprint density at radius 3 is 2.64 bits per heavy atom. The summed E-state index contributed by atoms with van der Waals surface area (Å²) in [4.78, 5) is 3.96. The molecule has 22 heavy (non-hydrogen) atoms. The molecule has 0 aliphatic rings. The van der Waals surface area contributed by atoms with E-state index in [0.717, 1.165) is 12.1 Å². The van der Waals surface area contributed by atoms with Crippen LogP contribution < -0.4 is 5.32 Å². The number of benzene rings is 1. The van der Waals surface area contributed by atoms with Gasteiger partial charge in [0.05, 0.1) is 6.20 Å². The summed E-state index contributed by atoms with van der Waals surface area (Å²) in [5, 5.41) is 18.8. The van der Waals surface area contributed by atoms with Crippen LogP contribution in [0.3, 0.4) is 0 Å². The van der Waals surface area contributed by atoms with Gasteiger partial charge in [0.1, 0.15) is 6.07 Å². The largest absolute Gasteiger partial charge is 0.423 e. The fourth-order valence-electron chi connectivity index (χ4n) is 1.68. The molecule has 0 aliphatic heterocycles. The van der Waals surface area contributed by atoms with E-state index in [0.29, 0.717) is 11.4 Å². The number of nitrogens with one attached hydrogen (secondary N) is 1. The second-order valence-corrected chi connectivity index (χ2v) is 4.20. The van der Waals surface area contributed by atoms with E-state index in [1.807, 2.05) is 6.07 Å². The maximum atomic E-state index is 13.2. The number of halogens is 2. The molecular formula is C14H7F2N5O. The molecule has 0 saturated heterocycles. The number of hydrogen-bond acceptors (Lipinski definition) is 6. The number of nitrogens with zero attached hydrogens (tertiary/aromatic N) is 4. The fraction of sp³-hybridized carbons (Fsp3) is 0. The lowest BCUT2D eigenvalue weighted by Gasteiger charge is -2.00. The van der Waals surface area contributed by atoms with E-state index < -0.39 is 11.6 Å². The van der Waals surface area contributed by atoms with Crippen LogP contribution in [-0.2, 0) is 0 Å². The summed E-state index contributed by atoms with van der Waals surface area (Å²) in [6, 6.07) is 8.37. The SMILES string of the molecule is N#Cc1ccc(Nc2ncc(-c3ccc(F)c(F)c3)o2)nn1. The van der Waals surface area contributed by atoms with Gasteiger partial charge in [-0.05, 0) is 30.3 Å². The molecular weight excluding hydrogens is 292 g/mol. The summed E-state index contributed by atoms with van der Waals surface area (Å²) in [6.45, 7) is 0. The van der Waals surface area contributed by atoms with Crippen molar-refractivity contribution in [2.24, 2.45) is 0 Å². The lowest BCUT2D eigenvalue weighted by molar-refractivity contribution is 0.508. The van der Waals surface area contributed by atoms with Gasteiger partial charge in [0, 0.05) is 5.56 Å². The van der Waals surface area contributed by atoms with Gasteiger partial charge in [-0.25, -0.2) is 13.8 Å². The third-order valence-corrected chi connectivity index (χ3v) is 2.72. The van der Waals surface area contributed by atoms with Crippen LogP contribution in [0, 0.1) is 23.0 Å². The highest BCUT2D eigenvalue weighted by Crippen LogP contribution is 2.25. The van der Waals surface area contributed by atoms with Gasteiger partial charge in [0.15, 0.2) is 28.9 Å². The van der Waals surface area contributed by atoms with E-state index in [1.54, 1.807) is 0 Å². The molecule has 2 aromatic heterocycles. The first-order valence-electron chi connectivity index (χ1n) is 6.08. The van der Waals surface area contributed by atoms with Crippen LogP contribution in [0.2, 0.25) is 0 Å². The molecule has 6 nitrogen and oxygen atoms in total. The third kappa shape index (κ3) is 2.73. The Morgan fingerprint density at radius 2 is 1.95 bits per heavy atom. The lowest BCUT2D eigenvalue weighted by atomic mass is 10.2. The topological polar surface area (TPSA) is 87.6 Å². The maximum absolute atomic E-state index is 13.2. The quantitative estimate of drug-likeness (QED) is 0.799. The zero-order valence-electron chi connectivity index (χ0n) is 10.9. The zero-order chi connectivity index (χ0) is 15.5. The normalized spacial score (nSPS) is 10.2. The molecule has 0 saturated carbocycles. The molecule has 1 aromatic carbocycles. The summed E-state index contributed by atoms with van der Waals surface area (Å²) in [5.41, 5.74) is 0.533. The minimum Gasteiger partial charge on any atom is -0.423 e. The molecule has 0 radical (unpaired) electrons. The first-order valence-corrected chi connectivity index (χ1v) is 6.08. The standard InChI is InChI=1S/C14H7F2N5O/c15-10-3-1-8(5-11(10)16)12-7-18-14(22-12)19-13-4-2-9(6-17)20-21-13/h1-5,7H,(H,18,19,21). The Balaban J connectivity index is 1.81. The molecule has 2 heterocycles. The highest BCUT2D eigenvalue weighted by atomic mass is 19.2. The molecule has 0 spiro atoms. The lowest BCUT2D eigenvalue weighted by Crippen LogP contribution is -1.96. The van der Waals surface area contributed by atoms with Crippen LogP contribution in [0.4, 0.5) is 20.6 Å². The second-order valence-electron chi connectivity index (χ2n) is 4.20. The Hall–Kier alpha value is -3.34. The van der Waals surface area contributed by atoms with Crippen molar-refractivity contribution in [1.82, 2.24) is 15.2 Å². The third-order valence-electron chi connectivity index (χ3n) is 2.72. The molecule has 0 bridgehead atoms. The van der Waals surface area contributed by atoms with Crippen molar-refractivity contribution in [3.05, 3.63) is 53.9 Å². The average molecular weight is 299 g/mol. The van der Waals surface area contributed by atoms with Gasteiger partial charge < -0.3 is 4.42 Å². The van der Waals surface area contributed by atoms with Gasteiger partial charge in [-0.1, -0.05) is 0 Å². The van der Waals surface area contributed by atoms with Crippen LogP contribution in [-0.4, -0.2) is 15.2 Å². The van der Waals surface area contributed by atoms with Crippen molar-refractivity contribution in [2.45, 2.75) is 0 Å². The van der Waals surface area contributed by atoms with Gasteiger partial charge in [0.2, 0.25) is 0 Å². The molecule has 108 valence electrons. The smallest absolute Gasteiger partial charge is 0.300 e. The molecule has 3 rings (SSSR count). The highest BCUT2D eigenvalue weighted by molar-refractivity contribution is 5.58. The van der Waals surface area contributed by atoms with Gasteiger partial charge >= 0.3 is 6.01 Å². The van der Waals surface area contributed by atoms with Crippen molar-refractivity contribution in [3.8, 4) is 17.4 Å². The summed E-state index contributed by atoms with van der Waals surface area (Å²) in [7, 11) is 0. The Morgan fingerprint density at radius 1 is 1.09 bits per heavy atom. The molecule has 0 aliphatic carbocycles. The van der Waals surface area contributed by atoms with Gasteiger partial charge in [-0.2, -0.15) is 5.26 Å². The van der Waals surface area contributed by atoms with Crippen molar-refractivity contribution in [2.75, 3.05) is 5.32 Å². The van der Waals surface area contributed by atoms with Crippen LogP contribution in [0.1, 0.15) is 5.69 Å². The first-order chi connectivity index (χ1) is 10.7. The number of oxazole rings is 1. The maximum Gasteiger partial charge on any atom is 0.300 e. The predicted molar refractivity (Wildman–Crippen MR) is 71.9 cm³/mol. The highest BCUT2D eigenvalue weighted by Gasteiger charge is 2.10. The molecule has 0 unspecified atom stereocenters. The zero-order valence-corrected chi connectivity index (χ0v) is 10.9. The Kier molecular flexibility index (Phi) is 3.45. The molecule has 0 amide bonds. The fourth-order valence-corrected chi connectivity index (χ4v) is 1.68. The number of nitriles is 1. The van der Waals surface area contributed by atoms with Gasteiger partial charge in [-0.3, -0.25) is 5.32 Å². The monoisotopic (exact) mass is 299 g/mol. The predicted octanol–water partition coefficient (Wildman–Crippen LogP) is 3.03. The van der Waals surface area contributed by atoms with E-state index in [2.05, 4.69) is 20.5 Å². The van der Waals surface area contributed by atoms with Crippen molar-refractivity contribution in [1.29, 1.82) is 5.26 Å². The summed E-state index contributed by atoms with van der Waals surface area (Å²) >= 11 is 0. The molecule has 1 N–H and O–H groups in total. The van der Waals surface area contributed by atoms with Crippen molar-refractivity contribution < 1.29 is 13.2 Å². The second kappa shape index (κ2) is 5.57. The summed E-state index contributed by atoms with van der Waals surface area (Å²) in [5.74, 6) is -1.31. The van der Waals surface area contributed by atoms with Gasteiger partial charge in [-0.15, -0.1) is 10.2 Å². The molecule has 0 fully saturated rings. The van der Waals surface area contributed by atoms with Crippen LogP contribution in [0.15, 0.2) is 40.9 Å². The van der Waals surface area contributed by atoms with E-state index in [4.69, 9.17) is 9.68 Å². The van der Waals surface area contributed by atoms with E-state index in [1.165, 1.54) is 24.4 Å². The molecule has 8 heteroatoms.